The maximum atomic E-state index is 12.6. The van der Waals surface area contributed by atoms with Crippen LogP contribution >= 0.6 is 11.3 Å². The summed E-state index contributed by atoms with van der Waals surface area (Å²) in [5, 5.41) is 9.00. The van der Waals surface area contributed by atoms with Gasteiger partial charge >= 0.3 is 5.97 Å². The van der Waals surface area contributed by atoms with Gasteiger partial charge < -0.3 is 10.0 Å². The zero-order valence-electron chi connectivity index (χ0n) is 12.0. The van der Waals surface area contributed by atoms with Crippen molar-refractivity contribution in [3.05, 3.63) is 21.4 Å². The summed E-state index contributed by atoms with van der Waals surface area (Å²) in [6.07, 6.45) is 5.22. The van der Waals surface area contributed by atoms with Crippen molar-refractivity contribution in [3.8, 4) is 0 Å². The maximum Gasteiger partial charge on any atom is 0.323 e. The zero-order chi connectivity index (χ0) is 14.7. The second kappa shape index (κ2) is 6.39. The van der Waals surface area contributed by atoms with Crippen LogP contribution < -0.4 is 0 Å². The van der Waals surface area contributed by atoms with Crippen LogP contribution in [-0.4, -0.2) is 34.5 Å². The van der Waals surface area contributed by atoms with Crippen molar-refractivity contribution in [2.45, 2.75) is 52.0 Å². The second-order valence-corrected chi connectivity index (χ2v) is 6.49. The molecule has 0 aliphatic heterocycles. The van der Waals surface area contributed by atoms with Crippen molar-refractivity contribution >= 4 is 23.2 Å². The molecule has 1 N–H and O–H groups in total. The Bertz CT molecular complexity index is 486. The van der Waals surface area contributed by atoms with Crippen LogP contribution in [0.25, 0.3) is 0 Å². The Morgan fingerprint density at radius 2 is 2.10 bits per heavy atom. The van der Waals surface area contributed by atoms with Gasteiger partial charge in [-0.05, 0) is 50.7 Å². The lowest BCUT2D eigenvalue weighted by atomic mass is 9.99. The summed E-state index contributed by atoms with van der Waals surface area (Å²) in [5.41, 5.74) is 1.28. The third-order valence-corrected chi connectivity index (χ3v) is 5.12. The highest BCUT2D eigenvalue weighted by Crippen LogP contribution is 2.30. The molecule has 1 aromatic rings. The highest BCUT2D eigenvalue weighted by Gasteiger charge is 2.25. The molecule has 0 radical (unpaired) electrons. The molecule has 0 fully saturated rings. The Morgan fingerprint density at radius 3 is 2.70 bits per heavy atom. The summed E-state index contributed by atoms with van der Waals surface area (Å²) >= 11 is 1.54. The summed E-state index contributed by atoms with van der Waals surface area (Å²) in [6, 6.07) is 1.91. The van der Waals surface area contributed by atoms with Gasteiger partial charge in [-0.25, -0.2) is 0 Å². The van der Waals surface area contributed by atoms with E-state index in [0.29, 0.717) is 4.88 Å². The number of carboxylic acids is 1. The van der Waals surface area contributed by atoms with Crippen LogP contribution in [0.5, 0.6) is 0 Å². The zero-order valence-corrected chi connectivity index (χ0v) is 12.8. The molecule has 1 unspecified atom stereocenters. The summed E-state index contributed by atoms with van der Waals surface area (Å²) in [7, 11) is 0. The van der Waals surface area contributed by atoms with Gasteiger partial charge in [0.1, 0.15) is 6.54 Å². The smallest absolute Gasteiger partial charge is 0.323 e. The first-order valence-electron chi connectivity index (χ1n) is 7.17. The van der Waals surface area contributed by atoms with E-state index in [-0.39, 0.29) is 18.5 Å². The highest BCUT2D eigenvalue weighted by atomic mass is 32.1. The van der Waals surface area contributed by atoms with E-state index in [9.17, 15) is 9.59 Å². The first kappa shape index (κ1) is 15.0. The molecule has 4 nitrogen and oxygen atoms in total. The van der Waals surface area contributed by atoms with Crippen molar-refractivity contribution in [2.24, 2.45) is 0 Å². The topological polar surface area (TPSA) is 57.6 Å². The van der Waals surface area contributed by atoms with Crippen molar-refractivity contribution in [1.82, 2.24) is 4.90 Å². The van der Waals surface area contributed by atoms with Crippen LogP contribution in [0.3, 0.4) is 0 Å². The Balaban J connectivity index is 2.22. The fraction of sp³-hybridized carbons (Fsp3) is 0.600. The number of rotatable bonds is 5. The van der Waals surface area contributed by atoms with Crippen LogP contribution in [0, 0.1) is 0 Å². The van der Waals surface area contributed by atoms with Gasteiger partial charge in [-0.15, -0.1) is 11.3 Å². The Kier molecular flexibility index (Phi) is 4.81. The molecule has 2 rings (SSSR count). The normalized spacial score (nSPS) is 15.5. The number of hydrogen-bond acceptors (Lipinski definition) is 3. The molecule has 0 saturated carbocycles. The lowest BCUT2D eigenvalue weighted by molar-refractivity contribution is -0.138. The van der Waals surface area contributed by atoms with E-state index >= 15 is 0 Å². The quantitative estimate of drug-likeness (QED) is 0.908. The van der Waals surface area contributed by atoms with E-state index in [0.717, 1.165) is 19.3 Å². The van der Waals surface area contributed by atoms with Gasteiger partial charge in [0.05, 0.1) is 4.88 Å². The highest BCUT2D eigenvalue weighted by molar-refractivity contribution is 7.14. The van der Waals surface area contributed by atoms with Crippen LogP contribution in [0.2, 0.25) is 0 Å². The van der Waals surface area contributed by atoms with Crippen LogP contribution in [-0.2, 0) is 17.6 Å². The van der Waals surface area contributed by atoms with Gasteiger partial charge in [0, 0.05) is 10.9 Å². The predicted octanol–water partition coefficient (Wildman–Crippen LogP) is 2.95. The van der Waals surface area contributed by atoms with E-state index < -0.39 is 5.97 Å². The first-order valence-corrected chi connectivity index (χ1v) is 7.99. The van der Waals surface area contributed by atoms with Crippen molar-refractivity contribution < 1.29 is 14.7 Å². The molecule has 1 aromatic heterocycles. The van der Waals surface area contributed by atoms with E-state index in [1.807, 2.05) is 19.9 Å². The molecule has 110 valence electrons. The third-order valence-electron chi connectivity index (χ3n) is 3.90. The number of nitrogens with zero attached hydrogens (tertiary/aromatic N) is 1. The molecule has 20 heavy (non-hydrogen) atoms. The fourth-order valence-corrected chi connectivity index (χ4v) is 3.74. The minimum absolute atomic E-state index is 0.0577. The van der Waals surface area contributed by atoms with Gasteiger partial charge in [0.15, 0.2) is 0 Å². The van der Waals surface area contributed by atoms with E-state index in [2.05, 4.69) is 0 Å². The molecule has 1 aliphatic carbocycles. The number of hydrogen-bond donors (Lipinski definition) is 1. The lowest BCUT2D eigenvalue weighted by Gasteiger charge is -2.26. The standard InChI is InChI=1S/C15H21NO3S/c1-3-10(2)16(9-14(17)18)15(19)13-8-11-6-4-5-7-12(11)20-13/h8,10H,3-7,9H2,1-2H3,(H,17,18). The lowest BCUT2D eigenvalue weighted by Crippen LogP contribution is -2.41. The third kappa shape index (κ3) is 3.20. The van der Waals surface area contributed by atoms with E-state index in [1.54, 1.807) is 11.3 Å². The minimum atomic E-state index is -0.958. The molecule has 5 heteroatoms. The predicted molar refractivity (Wildman–Crippen MR) is 79.4 cm³/mol. The number of carbonyl (C=O) groups excluding carboxylic acids is 1. The molecule has 0 bridgehead atoms. The number of fused-ring (bicyclic) bond motifs is 1. The van der Waals surface area contributed by atoms with Crippen LogP contribution in [0.15, 0.2) is 6.07 Å². The molecule has 1 aliphatic rings. The van der Waals surface area contributed by atoms with Gasteiger partial charge in [-0.1, -0.05) is 6.92 Å². The number of carbonyl (C=O) groups is 2. The molecule has 1 atom stereocenters. The van der Waals surface area contributed by atoms with Crippen molar-refractivity contribution in [3.63, 3.8) is 0 Å². The van der Waals surface area contributed by atoms with Crippen LogP contribution in [0.4, 0.5) is 0 Å². The van der Waals surface area contributed by atoms with Gasteiger partial charge in [-0.3, -0.25) is 9.59 Å². The molecule has 1 amide bonds. The molecule has 0 spiro atoms. The Morgan fingerprint density at radius 1 is 1.40 bits per heavy atom. The SMILES string of the molecule is CCC(C)N(CC(=O)O)C(=O)c1cc2c(s1)CCCC2. The summed E-state index contributed by atoms with van der Waals surface area (Å²) in [5.74, 6) is -1.10. The number of thiophene rings is 1. The molecular weight excluding hydrogens is 274 g/mol. The van der Waals surface area contributed by atoms with Crippen LogP contribution in [0.1, 0.15) is 53.2 Å². The fourth-order valence-electron chi connectivity index (χ4n) is 2.53. The minimum Gasteiger partial charge on any atom is -0.480 e. The van der Waals surface area contributed by atoms with E-state index in [4.69, 9.17) is 5.11 Å². The first-order chi connectivity index (χ1) is 9.52. The Labute approximate surface area is 123 Å². The molecule has 1 heterocycles. The number of amides is 1. The largest absolute Gasteiger partial charge is 0.480 e. The summed E-state index contributed by atoms with van der Waals surface area (Å²) in [4.78, 5) is 27.0. The summed E-state index contributed by atoms with van der Waals surface area (Å²) in [6.45, 7) is 3.64. The second-order valence-electron chi connectivity index (χ2n) is 5.35. The molecule has 0 aromatic carbocycles. The number of carboxylic acid groups (broad SMARTS) is 1. The average molecular weight is 295 g/mol. The van der Waals surface area contributed by atoms with Gasteiger partial charge in [0.2, 0.25) is 0 Å². The van der Waals surface area contributed by atoms with Crippen molar-refractivity contribution in [2.75, 3.05) is 6.54 Å². The van der Waals surface area contributed by atoms with E-state index in [1.165, 1.54) is 28.2 Å². The molecular formula is C15H21NO3S. The Hall–Kier alpha value is -1.36. The maximum absolute atomic E-state index is 12.6. The van der Waals surface area contributed by atoms with Gasteiger partial charge in [0.25, 0.3) is 5.91 Å². The monoisotopic (exact) mass is 295 g/mol. The average Bonchev–Trinajstić information content (AvgIpc) is 2.86. The number of aryl methyl sites for hydroxylation is 2. The molecule has 0 saturated heterocycles. The van der Waals surface area contributed by atoms with Crippen molar-refractivity contribution in [1.29, 1.82) is 0 Å². The van der Waals surface area contributed by atoms with Gasteiger partial charge in [-0.2, -0.15) is 0 Å². The number of aliphatic carboxylic acids is 1. The summed E-state index contributed by atoms with van der Waals surface area (Å²) < 4.78 is 0.